The highest BCUT2D eigenvalue weighted by Gasteiger charge is 2.34. The van der Waals surface area contributed by atoms with Crippen molar-refractivity contribution < 1.29 is 19.8 Å². The molecular weight excluding hydrogens is 364 g/mol. The molecule has 2 aromatic carbocycles. The molecule has 0 bridgehead atoms. The monoisotopic (exact) mass is 382 g/mol. The van der Waals surface area contributed by atoms with E-state index < -0.39 is 11.2 Å². The fourth-order valence-corrected chi connectivity index (χ4v) is 3.51. The van der Waals surface area contributed by atoms with Gasteiger partial charge >= 0.3 is 5.97 Å². The number of hydrogen-bond donors (Lipinski definition) is 2. The van der Waals surface area contributed by atoms with Crippen LogP contribution in [0.5, 0.6) is 5.75 Å². The van der Waals surface area contributed by atoms with E-state index in [1.54, 1.807) is 49.4 Å². The molecule has 0 spiro atoms. The van der Waals surface area contributed by atoms with E-state index in [2.05, 4.69) is 4.99 Å². The molecule has 0 aromatic heterocycles. The summed E-state index contributed by atoms with van der Waals surface area (Å²) < 4.78 is 0. The van der Waals surface area contributed by atoms with Gasteiger partial charge in [0.2, 0.25) is 0 Å². The van der Waals surface area contributed by atoms with Gasteiger partial charge in [-0.05, 0) is 42.3 Å². The molecule has 1 aliphatic heterocycles. The number of carboxylic acids is 1. The highest BCUT2D eigenvalue weighted by molar-refractivity contribution is 8.15. The van der Waals surface area contributed by atoms with Crippen molar-refractivity contribution in [2.75, 3.05) is 4.90 Å². The Morgan fingerprint density at radius 2 is 1.85 bits per heavy atom. The summed E-state index contributed by atoms with van der Waals surface area (Å²) in [6, 6.07) is 15.4. The van der Waals surface area contributed by atoms with Crippen LogP contribution in [0.2, 0.25) is 0 Å². The summed E-state index contributed by atoms with van der Waals surface area (Å²) in [6.45, 7) is 1.78. The lowest BCUT2D eigenvalue weighted by atomic mass is 10.2. The predicted molar refractivity (Wildman–Crippen MR) is 107 cm³/mol. The normalized spacial score (nSPS) is 16.5. The Morgan fingerprint density at radius 1 is 1.19 bits per heavy atom. The number of thioether (sulfide) groups is 1. The number of nitrogens with zero attached hydrogens (tertiary/aromatic N) is 2. The molecule has 0 saturated carbocycles. The third kappa shape index (κ3) is 4.20. The Hall–Kier alpha value is -3.06. The van der Waals surface area contributed by atoms with Gasteiger partial charge in [-0.25, -0.2) is 4.99 Å². The number of carbonyl (C=O) groups is 2. The Morgan fingerprint density at radius 3 is 2.44 bits per heavy atom. The highest BCUT2D eigenvalue weighted by atomic mass is 32.2. The second kappa shape index (κ2) is 8.09. The van der Waals surface area contributed by atoms with Gasteiger partial charge in [0.1, 0.15) is 16.7 Å². The molecule has 27 heavy (non-hydrogen) atoms. The van der Waals surface area contributed by atoms with Gasteiger partial charge in [0.15, 0.2) is 5.17 Å². The summed E-state index contributed by atoms with van der Waals surface area (Å²) in [4.78, 5) is 30.2. The molecule has 1 unspecified atom stereocenters. The fourth-order valence-electron chi connectivity index (χ4n) is 2.54. The van der Waals surface area contributed by atoms with Crippen molar-refractivity contribution in [2.24, 2.45) is 4.99 Å². The molecule has 1 amide bonds. The van der Waals surface area contributed by atoms with E-state index in [9.17, 15) is 19.8 Å². The summed E-state index contributed by atoms with van der Waals surface area (Å²) in [5, 5.41) is 18.4. The van der Waals surface area contributed by atoms with E-state index in [-0.39, 0.29) is 17.4 Å². The maximum Gasteiger partial charge on any atom is 0.317 e. The van der Waals surface area contributed by atoms with Gasteiger partial charge in [0.25, 0.3) is 5.91 Å². The molecule has 0 saturated heterocycles. The Balaban J connectivity index is 1.99. The Labute approximate surface area is 160 Å². The average molecular weight is 382 g/mol. The molecule has 138 valence electrons. The Bertz CT molecular complexity index is 907. The number of para-hydroxylation sites is 1. The number of rotatable bonds is 5. The van der Waals surface area contributed by atoms with E-state index in [0.29, 0.717) is 22.8 Å². The highest BCUT2D eigenvalue weighted by Crippen LogP contribution is 2.32. The first-order chi connectivity index (χ1) is 13.0. The standard InChI is InChI=1S/C20H18N2O4S/c1-2-17(19(25)26)27-20-21-16(12-13-8-10-15(23)11-9-13)18(24)22(20)14-6-4-3-5-7-14/h3-12,17,23H,2H2,1H3,(H,25,26)/b16-12-. The largest absolute Gasteiger partial charge is 0.508 e. The lowest BCUT2D eigenvalue weighted by molar-refractivity contribution is -0.136. The first-order valence-electron chi connectivity index (χ1n) is 8.38. The molecule has 2 N–H and O–H groups in total. The van der Waals surface area contributed by atoms with Crippen LogP contribution < -0.4 is 4.90 Å². The number of benzene rings is 2. The van der Waals surface area contributed by atoms with Gasteiger partial charge in [0.05, 0.1) is 5.69 Å². The number of aliphatic carboxylic acids is 1. The zero-order chi connectivity index (χ0) is 19.4. The molecule has 2 aromatic rings. The van der Waals surface area contributed by atoms with Crippen LogP contribution in [0.15, 0.2) is 65.3 Å². The predicted octanol–water partition coefficient (Wildman–Crippen LogP) is 3.73. The molecule has 3 rings (SSSR count). The van der Waals surface area contributed by atoms with E-state index in [4.69, 9.17) is 0 Å². The molecule has 1 aliphatic rings. The summed E-state index contributed by atoms with van der Waals surface area (Å²) in [6.07, 6.45) is 2.03. The molecule has 7 heteroatoms. The van der Waals surface area contributed by atoms with Gasteiger partial charge in [-0.2, -0.15) is 0 Å². The molecule has 1 heterocycles. The van der Waals surface area contributed by atoms with Crippen molar-refractivity contribution in [3.63, 3.8) is 0 Å². The number of aromatic hydroxyl groups is 1. The second-order valence-corrected chi connectivity index (χ2v) is 7.01. The van der Waals surface area contributed by atoms with Gasteiger partial charge in [0, 0.05) is 0 Å². The van der Waals surface area contributed by atoms with E-state index in [1.807, 2.05) is 6.07 Å². The number of amidine groups is 1. The number of hydrogen-bond acceptors (Lipinski definition) is 5. The zero-order valence-electron chi connectivity index (χ0n) is 14.6. The second-order valence-electron chi connectivity index (χ2n) is 5.84. The van der Waals surface area contributed by atoms with Crippen molar-refractivity contribution in [1.82, 2.24) is 0 Å². The van der Waals surface area contributed by atoms with E-state index >= 15 is 0 Å². The zero-order valence-corrected chi connectivity index (χ0v) is 15.4. The molecule has 6 nitrogen and oxygen atoms in total. The van der Waals surface area contributed by atoms with Crippen LogP contribution >= 0.6 is 11.8 Å². The number of amides is 1. The third-order valence-corrected chi connectivity index (χ3v) is 5.24. The minimum absolute atomic E-state index is 0.132. The lowest BCUT2D eigenvalue weighted by Gasteiger charge is -2.19. The topological polar surface area (TPSA) is 90.2 Å². The number of carboxylic acid groups (broad SMARTS) is 1. The average Bonchev–Trinajstić information content (AvgIpc) is 2.97. The number of phenolic OH excluding ortho intramolecular Hbond substituents is 1. The van der Waals surface area contributed by atoms with Crippen LogP contribution in [-0.2, 0) is 9.59 Å². The van der Waals surface area contributed by atoms with Gasteiger partial charge in [-0.3, -0.25) is 14.5 Å². The van der Waals surface area contributed by atoms with Crippen LogP contribution in [0.1, 0.15) is 18.9 Å². The first-order valence-corrected chi connectivity index (χ1v) is 9.26. The van der Waals surface area contributed by atoms with Crippen molar-refractivity contribution in [3.05, 3.63) is 65.9 Å². The van der Waals surface area contributed by atoms with Gasteiger partial charge in [-0.15, -0.1) is 0 Å². The van der Waals surface area contributed by atoms with Crippen molar-refractivity contribution in [2.45, 2.75) is 18.6 Å². The van der Waals surface area contributed by atoms with Gasteiger partial charge in [-0.1, -0.05) is 49.0 Å². The number of aliphatic imine (C=N–C) groups is 1. The van der Waals surface area contributed by atoms with Crippen LogP contribution in [0.25, 0.3) is 6.08 Å². The number of carbonyl (C=O) groups excluding carboxylic acids is 1. The van der Waals surface area contributed by atoms with E-state index in [1.165, 1.54) is 17.0 Å². The third-order valence-electron chi connectivity index (χ3n) is 3.93. The maximum absolute atomic E-state index is 13.0. The number of anilines is 1. The van der Waals surface area contributed by atoms with Crippen molar-refractivity contribution >= 4 is 40.6 Å². The van der Waals surface area contributed by atoms with Crippen LogP contribution in [-0.4, -0.2) is 32.5 Å². The summed E-state index contributed by atoms with van der Waals surface area (Å²) >= 11 is 1.06. The molecule has 1 atom stereocenters. The van der Waals surface area contributed by atoms with Crippen LogP contribution in [0, 0.1) is 0 Å². The minimum atomic E-state index is -0.943. The molecule has 0 fully saturated rings. The van der Waals surface area contributed by atoms with Crippen molar-refractivity contribution in [1.29, 1.82) is 0 Å². The quantitative estimate of drug-likeness (QED) is 0.769. The summed E-state index contributed by atoms with van der Waals surface area (Å²) in [5.74, 6) is -1.13. The molecular formula is C20H18N2O4S. The van der Waals surface area contributed by atoms with Crippen LogP contribution in [0.4, 0.5) is 5.69 Å². The fraction of sp³-hybridized carbons (Fsp3) is 0.150. The lowest BCUT2D eigenvalue weighted by Crippen LogP contribution is -2.32. The van der Waals surface area contributed by atoms with Crippen molar-refractivity contribution in [3.8, 4) is 5.75 Å². The molecule has 0 radical (unpaired) electrons. The maximum atomic E-state index is 13.0. The summed E-state index contributed by atoms with van der Waals surface area (Å²) in [7, 11) is 0. The Kier molecular flexibility index (Phi) is 5.61. The number of phenols is 1. The van der Waals surface area contributed by atoms with Gasteiger partial charge < -0.3 is 10.2 Å². The summed E-state index contributed by atoms with van der Waals surface area (Å²) in [5.41, 5.74) is 1.56. The first kappa shape index (κ1) is 18.7. The molecule has 0 aliphatic carbocycles. The smallest absolute Gasteiger partial charge is 0.317 e. The minimum Gasteiger partial charge on any atom is -0.508 e. The SMILES string of the molecule is CCC(SC1=N/C(=C\c2ccc(O)cc2)C(=O)N1c1ccccc1)C(=O)O. The van der Waals surface area contributed by atoms with Crippen LogP contribution in [0.3, 0.4) is 0 Å². The van der Waals surface area contributed by atoms with E-state index in [0.717, 1.165) is 11.8 Å².